The zero-order valence-corrected chi connectivity index (χ0v) is 10.7. The van der Waals surface area contributed by atoms with E-state index in [4.69, 9.17) is 0 Å². The number of imidazole rings is 1. The number of H-pyrrole nitrogens is 1. The first-order valence-electron chi connectivity index (χ1n) is 6.60. The molecular weight excluding hydrogens is 212 g/mol. The highest BCUT2D eigenvalue weighted by Gasteiger charge is 2.44. The lowest BCUT2D eigenvalue weighted by molar-refractivity contribution is 0.426. The fourth-order valence-electron chi connectivity index (χ4n) is 2.73. The SMILES string of the molecule is CC1(C)CC1CNCC1Cc2nc[nH]c2CN1. The van der Waals surface area contributed by atoms with E-state index in [1.165, 1.54) is 24.4 Å². The highest BCUT2D eigenvalue weighted by Crippen LogP contribution is 2.50. The number of nitrogens with zero attached hydrogens (tertiary/aromatic N) is 1. The Labute approximate surface area is 103 Å². The molecule has 2 unspecified atom stereocenters. The van der Waals surface area contributed by atoms with E-state index < -0.39 is 0 Å². The summed E-state index contributed by atoms with van der Waals surface area (Å²) in [7, 11) is 0. The van der Waals surface area contributed by atoms with Gasteiger partial charge in [-0.15, -0.1) is 0 Å². The number of aromatic amines is 1. The molecule has 1 aromatic rings. The standard InChI is InChI=1S/C13H22N4/c1-13(2)4-9(13)5-14-6-10-3-11-12(7-15-10)17-8-16-11/h8-10,14-15H,3-7H2,1-2H3,(H,16,17). The molecule has 2 aliphatic rings. The van der Waals surface area contributed by atoms with Gasteiger partial charge >= 0.3 is 0 Å². The second-order valence-corrected chi connectivity index (χ2v) is 6.16. The Morgan fingerprint density at radius 3 is 3.06 bits per heavy atom. The molecule has 4 nitrogen and oxygen atoms in total. The molecule has 0 bridgehead atoms. The first-order chi connectivity index (χ1) is 8.15. The summed E-state index contributed by atoms with van der Waals surface area (Å²) < 4.78 is 0. The second kappa shape index (κ2) is 4.10. The average molecular weight is 234 g/mol. The maximum Gasteiger partial charge on any atom is 0.0925 e. The van der Waals surface area contributed by atoms with Crippen LogP contribution in [0.2, 0.25) is 0 Å². The third kappa shape index (κ3) is 2.38. The lowest BCUT2D eigenvalue weighted by Crippen LogP contribution is -2.43. The van der Waals surface area contributed by atoms with Gasteiger partial charge in [0.1, 0.15) is 0 Å². The molecule has 1 aliphatic carbocycles. The Hall–Kier alpha value is -0.870. The first-order valence-corrected chi connectivity index (χ1v) is 6.60. The van der Waals surface area contributed by atoms with Gasteiger partial charge in [-0.3, -0.25) is 0 Å². The molecule has 3 rings (SSSR count). The predicted molar refractivity (Wildman–Crippen MR) is 67.7 cm³/mol. The normalized spacial score (nSPS) is 30.0. The molecule has 1 fully saturated rings. The summed E-state index contributed by atoms with van der Waals surface area (Å²) in [5, 5.41) is 7.14. The van der Waals surface area contributed by atoms with Crippen LogP contribution in [0.25, 0.3) is 0 Å². The minimum absolute atomic E-state index is 0.535. The van der Waals surface area contributed by atoms with Gasteiger partial charge in [0, 0.05) is 25.6 Å². The van der Waals surface area contributed by atoms with Crippen molar-refractivity contribution in [1.29, 1.82) is 0 Å². The van der Waals surface area contributed by atoms with Gasteiger partial charge in [0.2, 0.25) is 0 Å². The van der Waals surface area contributed by atoms with Gasteiger partial charge in [-0.25, -0.2) is 4.98 Å². The van der Waals surface area contributed by atoms with Crippen LogP contribution in [-0.2, 0) is 13.0 Å². The van der Waals surface area contributed by atoms with Crippen molar-refractivity contribution in [3.05, 3.63) is 17.7 Å². The number of hydrogen-bond acceptors (Lipinski definition) is 3. The monoisotopic (exact) mass is 234 g/mol. The van der Waals surface area contributed by atoms with Crippen LogP contribution in [0, 0.1) is 11.3 Å². The van der Waals surface area contributed by atoms with E-state index in [-0.39, 0.29) is 0 Å². The summed E-state index contributed by atoms with van der Waals surface area (Å²) in [6.45, 7) is 7.86. The summed E-state index contributed by atoms with van der Waals surface area (Å²) >= 11 is 0. The van der Waals surface area contributed by atoms with Gasteiger partial charge in [-0.1, -0.05) is 13.8 Å². The van der Waals surface area contributed by atoms with Crippen LogP contribution in [0.1, 0.15) is 31.7 Å². The number of nitrogens with one attached hydrogen (secondary N) is 3. The first kappa shape index (κ1) is 11.2. The molecule has 0 amide bonds. The maximum atomic E-state index is 4.36. The largest absolute Gasteiger partial charge is 0.347 e. The van der Waals surface area contributed by atoms with Gasteiger partial charge in [0.05, 0.1) is 17.7 Å². The Morgan fingerprint density at radius 1 is 1.47 bits per heavy atom. The van der Waals surface area contributed by atoms with Gasteiger partial charge in [-0.2, -0.15) is 0 Å². The summed E-state index contributed by atoms with van der Waals surface area (Å²) in [4.78, 5) is 7.54. The molecule has 3 N–H and O–H groups in total. The maximum absolute atomic E-state index is 4.36. The highest BCUT2D eigenvalue weighted by molar-refractivity contribution is 5.15. The van der Waals surface area contributed by atoms with E-state index in [1.54, 1.807) is 6.33 Å². The average Bonchev–Trinajstić information content (AvgIpc) is 2.74. The van der Waals surface area contributed by atoms with E-state index in [1.807, 2.05) is 0 Å². The molecule has 2 heterocycles. The van der Waals surface area contributed by atoms with Crippen LogP contribution in [0.4, 0.5) is 0 Å². The summed E-state index contributed by atoms with van der Waals surface area (Å²) in [5.74, 6) is 0.882. The van der Waals surface area contributed by atoms with Crippen LogP contribution < -0.4 is 10.6 Å². The van der Waals surface area contributed by atoms with E-state index in [0.29, 0.717) is 11.5 Å². The van der Waals surface area contributed by atoms with Crippen molar-refractivity contribution in [2.24, 2.45) is 11.3 Å². The molecule has 94 valence electrons. The number of aromatic nitrogens is 2. The zero-order chi connectivity index (χ0) is 11.9. The van der Waals surface area contributed by atoms with Crippen LogP contribution in [0.5, 0.6) is 0 Å². The van der Waals surface area contributed by atoms with Crippen molar-refractivity contribution in [3.8, 4) is 0 Å². The minimum atomic E-state index is 0.535. The molecule has 17 heavy (non-hydrogen) atoms. The van der Waals surface area contributed by atoms with Crippen molar-refractivity contribution >= 4 is 0 Å². The Bertz CT molecular complexity index is 396. The van der Waals surface area contributed by atoms with Crippen LogP contribution >= 0.6 is 0 Å². The van der Waals surface area contributed by atoms with Gasteiger partial charge in [0.25, 0.3) is 0 Å². The van der Waals surface area contributed by atoms with Crippen LogP contribution in [0.3, 0.4) is 0 Å². The molecule has 2 atom stereocenters. The van der Waals surface area contributed by atoms with Gasteiger partial charge < -0.3 is 15.6 Å². The van der Waals surface area contributed by atoms with Crippen molar-refractivity contribution in [1.82, 2.24) is 20.6 Å². The molecule has 1 aliphatic heterocycles. The Kier molecular flexibility index (Phi) is 2.71. The third-order valence-corrected chi connectivity index (χ3v) is 4.31. The van der Waals surface area contributed by atoms with E-state index >= 15 is 0 Å². The van der Waals surface area contributed by atoms with Crippen molar-refractivity contribution in [2.45, 2.75) is 39.3 Å². The zero-order valence-electron chi connectivity index (χ0n) is 10.7. The van der Waals surface area contributed by atoms with Crippen LogP contribution in [0.15, 0.2) is 6.33 Å². The molecule has 1 aromatic heterocycles. The highest BCUT2D eigenvalue weighted by atomic mass is 15.0. The smallest absolute Gasteiger partial charge is 0.0925 e. The molecule has 4 heteroatoms. The summed E-state index contributed by atoms with van der Waals surface area (Å²) in [6, 6.07) is 0.535. The number of hydrogen-bond donors (Lipinski definition) is 3. The quantitative estimate of drug-likeness (QED) is 0.730. The topological polar surface area (TPSA) is 52.7 Å². The number of fused-ring (bicyclic) bond motifs is 1. The molecule has 1 saturated carbocycles. The summed E-state index contributed by atoms with van der Waals surface area (Å²) in [5.41, 5.74) is 3.08. The Balaban J connectivity index is 1.42. The third-order valence-electron chi connectivity index (χ3n) is 4.31. The number of rotatable bonds is 4. The fourth-order valence-corrected chi connectivity index (χ4v) is 2.73. The van der Waals surface area contributed by atoms with E-state index in [9.17, 15) is 0 Å². The lowest BCUT2D eigenvalue weighted by Gasteiger charge is -2.23. The Morgan fingerprint density at radius 2 is 2.29 bits per heavy atom. The lowest BCUT2D eigenvalue weighted by atomic mass is 10.1. The minimum Gasteiger partial charge on any atom is -0.347 e. The van der Waals surface area contributed by atoms with E-state index in [2.05, 4.69) is 34.4 Å². The summed E-state index contributed by atoms with van der Waals surface area (Å²) in [6.07, 6.45) is 4.22. The van der Waals surface area contributed by atoms with Crippen molar-refractivity contribution < 1.29 is 0 Å². The fraction of sp³-hybridized carbons (Fsp3) is 0.769. The molecule has 0 radical (unpaired) electrons. The predicted octanol–water partition coefficient (Wildman–Crippen LogP) is 1.06. The van der Waals surface area contributed by atoms with Crippen LogP contribution in [-0.4, -0.2) is 29.1 Å². The van der Waals surface area contributed by atoms with Crippen molar-refractivity contribution in [3.63, 3.8) is 0 Å². The molecule has 0 spiro atoms. The van der Waals surface area contributed by atoms with Gasteiger partial charge in [0.15, 0.2) is 0 Å². The second-order valence-electron chi connectivity index (χ2n) is 6.16. The molecular formula is C13H22N4. The molecule has 0 saturated heterocycles. The van der Waals surface area contributed by atoms with E-state index in [0.717, 1.165) is 25.4 Å². The van der Waals surface area contributed by atoms with Crippen molar-refractivity contribution in [2.75, 3.05) is 13.1 Å². The molecule has 0 aromatic carbocycles. The van der Waals surface area contributed by atoms with Gasteiger partial charge in [-0.05, 0) is 24.3 Å².